The lowest BCUT2D eigenvalue weighted by Gasteiger charge is -2.22. The molecule has 1 aromatic carbocycles. The smallest absolute Gasteiger partial charge is 0.208 e. The van der Waals surface area contributed by atoms with Crippen LogP contribution in [-0.4, -0.2) is 26.0 Å². The molecule has 96 valence electrons. The second kappa shape index (κ2) is 5.74. The number of nitrogens with zero attached hydrogens (tertiary/aromatic N) is 1. The lowest BCUT2D eigenvalue weighted by Crippen LogP contribution is -2.37. The predicted molar refractivity (Wildman–Crippen MR) is 71.8 cm³/mol. The Morgan fingerprint density at radius 2 is 2.06 bits per heavy atom. The first-order valence-corrected chi connectivity index (χ1v) is 8.36. The number of hydrogen-bond acceptors (Lipinski definition) is 4. The van der Waals surface area contributed by atoms with Gasteiger partial charge in [-0.25, -0.2) is 13.1 Å². The molecule has 0 amide bonds. The third-order valence-corrected chi connectivity index (χ3v) is 5.38. The average molecular weight is 282 g/mol. The highest BCUT2D eigenvalue weighted by molar-refractivity contribution is 7.99. The van der Waals surface area contributed by atoms with Crippen LogP contribution < -0.4 is 4.72 Å². The highest BCUT2D eigenvalue weighted by atomic mass is 32.2. The molecule has 0 aliphatic carbocycles. The number of nitrogens with one attached hydrogen (secondary N) is 1. The van der Waals surface area contributed by atoms with Gasteiger partial charge in [-0.05, 0) is 42.5 Å². The zero-order valence-electron chi connectivity index (χ0n) is 9.80. The lowest BCUT2D eigenvalue weighted by atomic mass is 10.2. The zero-order valence-corrected chi connectivity index (χ0v) is 11.4. The third kappa shape index (κ3) is 3.25. The average Bonchev–Trinajstić information content (AvgIpc) is 2.39. The molecule has 0 aromatic heterocycles. The molecule has 0 spiro atoms. The first kappa shape index (κ1) is 13.4. The van der Waals surface area contributed by atoms with E-state index in [9.17, 15) is 8.42 Å². The molecule has 1 aliphatic heterocycles. The first-order chi connectivity index (χ1) is 8.62. The Morgan fingerprint density at radius 3 is 2.72 bits per heavy atom. The number of nitriles is 1. The van der Waals surface area contributed by atoms with Gasteiger partial charge in [0.25, 0.3) is 0 Å². The summed E-state index contributed by atoms with van der Waals surface area (Å²) < 4.78 is 27.0. The van der Waals surface area contributed by atoms with Crippen LogP contribution in [0.5, 0.6) is 0 Å². The van der Waals surface area contributed by atoms with E-state index >= 15 is 0 Å². The molecule has 1 fully saturated rings. The van der Waals surface area contributed by atoms with Gasteiger partial charge in [0.15, 0.2) is 0 Å². The third-order valence-electron chi connectivity index (χ3n) is 2.82. The number of thioether (sulfide) groups is 1. The molecule has 1 saturated heterocycles. The topological polar surface area (TPSA) is 70.0 Å². The minimum absolute atomic E-state index is 0.0157. The lowest BCUT2D eigenvalue weighted by molar-refractivity contribution is 0.529. The number of benzene rings is 1. The van der Waals surface area contributed by atoms with Gasteiger partial charge in [0.05, 0.1) is 16.5 Å². The van der Waals surface area contributed by atoms with E-state index in [-0.39, 0.29) is 10.9 Å². The minimum Gasteiger partial charge on any atom is -0.208 e. The molecule has 0 atom stereocenters. The van der Waals surface area contributed by atoms with Crippen molar-refractivity contribution < 1.29 is 8.42 Å². The van der Waals surface area contributed by atoms with Crippen LogP contribution in [0, 0.1) is 11.3 Å². The summed E-state index contributed by atoms with van der Waals surface area (Å²) in [5.74, 6) is 1.98. The van der Waals surface area contributed by atoms with Crippen molar-refractivity contribution >= 4 is 21.8 Å². The monoisotopic (exact) mass is 282 g/mol. The fourth-order valence-electron chi connectivity index (χ4n) is 1.84. The van der Waals surface area contributed by atoms with Gasteiger partial charge in [0.1, 0.15) is 0 Å². The molecule has 0 unspecified atom stereocenters. The molecule has 4 nitrogen and oxygen atoms in total. The normalized spacial score (nSPS) is 17.3. The van der Waals surface area contributed by atoms with Crippen LogP contribution in [-0.2, 0) is 10.0 Å². The summed E-state index contributed by atoms with van der Waals surface area (Å²) in [6, 6.07) is 8.06. The van der Waals surface area contributed by atoms with E-state index in [1.54, 1.807) is 12.1 Å². The molecule has 0 radical (unpaired) electrons. The fourth-order valence-corrected chi connectivity index (χ4v) is 4.29. The van der Waals surface area contributed by atoms with E-state index in [0.717, 1.165) is 24.3 Å². The van der Waals surface area contributed by atoms with Gasteiger partial charge in [0, 0.05) is 6.04 Å². The van der Waals surface area contributed by atoms with Crippen molar-refractivity contribution in [3.63, 3.8) is 0 Å². The molecule has 1 N–H and O–H groups in total. The molecular formula is C12H14N2O2S2. The number of rotatable bonds is 3. The maximum Gasteiger partial charge on any atom is 0.240 e. The number of sulfonamides is 1. The van der Waals surface area contributed by atoms with E-state index in [0.29, 0.717) is 5.56 Å². The van der Waals surface area contributed by atoms with Gasteiger partial charge >= 0.3 is 0 Å². The summed E-state index contributed by atoms with van der Waals surface area (Å²) in [4.78, 5) is 0.166. The predicted octanol–water partition coefficient (Wildman–Crippen LogP) is 1.73. The Hall–Kier alpha value is -1.03. The standard InChI is InChI=1S/C12H14N2O2S2/c13-9-10-2-1-3-12(8-10)18(15,16)14-11-4-6-17-7-5-11/h1-3,8,11,14H,4-7H2. The van der Waals surface area contributed by atoms with E-state index in [2.05, 4.69) is 4.72 Å². The highest BCUT2D eigenvalue weighted by Crippen LogP contribution is 2.19. The second-order valence-corrected chi connectivity index (χ2v) is 7.09. The quantitative estimate of drug-likeness (QED) is 0.916. The Kier molecular flexibility index (Phi) is 4.27. The molecule has 18 heavy (non-hydrogen) atoms. The molecule has 1 heterocycles. The van der Waals surface area contributed by atoms with Crippen LogP contribution in [0.4, 0.5) is 0 Å². The first-order valence-electron chi connectivity index (χ1n) is 5.72. The van der Waals surface area contributed by atoms with Crippen LogP contribution in [0.15, 0.2) is 29.2 Å². The molecule has 1 aromatic rings. The summed E-state index contributed by atoms with van der Waals surface area (Å²) in [5, 5.41) is 8.78. The van der Waals surface area contributed by atoms with Gasteiger partial charge in [-0.1, -0.05) is 6.07 Å². The summed E-state index contributed by atoms with van der Waals surface area (Å²) in [7, 11) is -3.50. The summed E-state index contributed by atoms with van der Waals surface area (Å²) in [5.41, 5.74) is 0.358. The number of hydrogen-bond donors (Lipinski definition) is 1. The van der Waals surface area contributed by atoms with E-state index in [4.69, 9.17) is 5.26 Å². The Morgan fingerprint density at radius 1 is 1.33 bits per heavy atom. The van der Waals surface area contributed by atoms with Crippen LogP contribution >= 0.6 is 11.8 Å². The molecule has 2 rings (SSSR count). The fraction of sp³-hybridized carbons (Fsp3) is 0.417. The van der Waals surface area contributed by atoms with Crippen LogP contribution in [0.1, 0.15) is 18.4 Å². The van der Waals surface area contributed by atoms with E-state index in [1.807, 2.05) is 17.8 Å². The Labute approximate surface area is 111 Å². The molecule has 0 bridgehead atoms. The van der Waals surface area contributed by atoms with Crippen LogP contribution in [0.2, 0.25) is 0 Å². The van der Waals surface area contributed by atoms with E-state index < -0.39 is 10.0 Å². The summed E-state index contributed by atoms with van der Waals surface area (Å²) in [6.07, 6.45) is 1.73. The second-order valence-electron chi connectivity index (χ2n) is 4.15. The van der Waals surface area contributed by atoms with Crippen molar-refractivity contribution in [2.45, 2.75) is 23.8 Å². The van der Waals surface area contributed by atoms with E-state index in [1.165, 1.54) is 12.1 Å². The van der Waals surface area contributed by atoms with Crippen molar-refractivity contribution in [1.82, 2.24) is 4.72 Å². The SMILES string of the molecule is N#Cc1cccc(S(=O)(=O)NC2CCSCC2)c1. The molecule has 0 saturated carbocycles. The molecular weight excluding hydrogens is 268 g/mol. The molecule has 1 aliphatic rings. The minimum atomic E-state index is -3.50. The van der Waals surface area contributed by atoms with Crippen molar-refractivity contribution in [1.29, 1.82) is 5.26 Å². The van der Waals surface area contributed by atoms with Crippen molar-refractivity contribution in [2.24, 2.45) is 0 Å². The Bertz CT molecular complexity index is 558. The van der Waals surface area contributed by atoms with Crippen molar-refractivity contribution in [2.75, 3.05) is 11.5 Å². The Balaban J connectivity index is 2.17. The van der Waals surface area contributed by atoms with Gasteiger partial charge in [-0.2, -0.15) is 17.0 Å². The summed E-state index contributed by atoms with van der Waals surface area (Å²) in [6.45, 7) is 0. The van der Waals surface area contributed by atoms with Crippen LogP contribution in [0.3, 0.4) is 0 Å². The van der Waals surface area contributed by atoms with Gasteiger partial charge in [-0.15, -0.1) is 0 Å². The van der Waals surface area contributed by atoms with Crippen LogP contribution in [0.25, 0.3) is 0 Å². The van der Waals surface area contributed by atoms with Gasteiger partial charge in [0.2, 0.25) is 10.0 Å². The van der Waals surface area contributed by atoms with Gasteiger partial charge in [-0.3, -0.25) is 0 Å². The van der Waals surface area contributed by atoms with Gasteiger partial charge < -0.3 is 0 Å². The highest BCUT2D eigenvalue weighted by Gasteiger charge is 2.22. The maximum atomic E-state index is 12.1. The largest absolute Gasteiger partial charge is 0.240 e. The maximum absolute atomic E-state index is 12.1. The molecule has 6 heteroatoms. The van der Waals surface area contributed by atoms with Crippen molar-refractivity contribution in [3.8, 4) is 6.07 Å². The zero-order chi connectivity index (χ0) is 13.0. The summed E-state index contributed by atoms with van der Waals surface area (Å²) >= 11 is 1.85. The van der Waals surface area contributed by atoms with Crippen molar-refractivity contribution in [3.05, 3.63) is 29.8 Å².